The summed E-state index contributed by atoms with van der Waals surface area (Å²) < 4.78 is 0. The predicted molar refractivity (Wildman–Crippen MR) is 56.3 cm³/mol. The average molecular weight is 180 g/mol. The third-order valence-electron chi connectivity index (χ3n) is 2.95. The molecule has 1 fully saturated rings. The van der Waals surface area contributed by atoms with E-state index in [4.69, 9.17) is 12.2 Å². The molecule has 1 aliphatic rings. The van der Waals surface area contributed by atoms with Crippen LogP contribution in [0.15, 0.2) is 0 Å². The zero-order valence-electron chi connectivity index (χ0n) is 8.55. The molecule has 0 aromatic rings. The first-order chi connectivity index (χ1) is 6.16. The highest BCUT2D eigenvalue weighted by Gasteiger charge is 2.28. The maximum Gasteiger partial charge on any atom is 0.0596 e. The van der Waals surface area contributed by atoms with Crippen LogP contribution >= 0.6 is 0 Å². The van der Waals surface area contributed by atoms with Gasteiger partial charge in [0.2, 0.25) is 0 Å². The van der Waals surface area contributed by atoms with Gasteiger partial charge < -0.3 is 5.73 Å². The lowest BCUT2D eigenvalue weighted by molar-refractivity contribution is 0.302. The van der Waals surface area contributed by atoms with E-state index in [0.29, 0.717) is 0 Å². The number of rotatable bonds is 4. The lowest BCUT2D eigenvalue weighted by Gasteiger charge is -2.25. The highest BCUT2D eigenvalue weighted by atomic mass is 15.1. The molecule has 1 rings (SSSR count). The number of terminal acetylenes is 1. The molecule has 74 valence electrons. The molecule has 1 aliphatic carbocycles. The Kier molecular flexibility index (Phi) is 3.77. The fourth-order valence-electron chi connectivity index (χ4n) is 1.98. The number of hydrogen-bond acceptors (Lipinski definition) is 2. The zero-order valence-corrected chi connectivity index (χ0v) is 8.55. The summed E-state index contributed by atoms with van der Waals surface area (Å²) in [5.74, 6) is 2.64. The summed E-state index contributed by atoms with van der Waals surface area (Å²) >= 11 is 0. The molecule has 0 spiro atoms. The van der Waals surface area contributed by atoms with E-state index in [9.17, 15) is 0 Å². The Bertz CT molecular complexity index is 187. The molecule has 2 nitrogen and oxygen atoms in total. The second kappa shape index (κ2) is 4.64. The van der Waals surface area contributed by atoms with E-state index in [-0.39, 0.29) is 5.54 Å². The topological polar surface area (TPSA) is 29.3 Å². The van der Waals surface area contributed by atoms with Gasteiger partial charge in [-0.2, -0.15) is 0 Å². The Morgan fingerprint density at radius 3 is 2.62 bits per heavy atom. The second-order valence-electron chi connectivity index (χ2n) is 4.26. The van der Waals surface area contributed by atoms with Gasteiger partial charge >= 0.3 is 0 Å². The van der Waals surface area contributed by atoms with Gasteiger partial charge in [-0.1, -0.05) is 18.8 Å². The first kappa shape index (κ1) is 10.6. The zero-order chi connectivity index (χ0) is 9.73. The van der Waals surface area contributed by atoms with Crippen molar-refractivity contribution >= 4 is 0 Å². The van der Waals surface area contributed by atoms with Crippen molar-refractivity contribution in [3.05, 3.63) is 0 Å². The lowest BCUT2D eigenvalue weighted by atomic mass is 9.95. The van der Waals surface area contributed by atoms with Gasteiger partial charge in [-0.25, -0.2) is 0 Å². The van der Waals surface area contributed by atoms with Crippen molar-refractivity contribution in [1.82, 2.24) is 4.90 Å². The molecule has 0 bridgehead atoms. The van der Waals surface area contributed by atoms with Crippen molar-refractivity contribution in [2.75, 3.05) is 20.1 Å². The SMILES string of the molecule is C#CCN(C)CCC1(N)CCCC1. The fourth-order valence-corrected chi connectivity index (χ4v) is 1.98. The van der Waals surface area contributed by atoms with Crippen molar-refractivity contribution in [3.8, 4) is 12.3 Å². The molecule has 0 saturated heterocycles. The van der Waals surface area contributed by atoms with Crippen molar-refractivity contribution in [2.24, 2.45) is 5.73 Å². The Morgan fingerprint density at radius 2 is 2.08 bits per heavy atom. The molecule has 0 aromatic heterocycles. The summed E-state index contributed by atoms with van der Waals surface area (Å²) in [4.78, 5) is 2.16. The van der Waals surface area contributed by atoms with Gasteiger partial charge in [-0.15, -0.1) is 6.42 Å². The monoisotopic (exact) mass is 180 g/mol. The van der Waals surface area contributed by atoms with Gasteiger partial charge in [0.05, 0.1) is 6.54 Å². The largest absolute Gasteiger partial charge is 0.325 e. The van der Waals surface area contributed by atoms with Gasteiger partial charge in [0.15, 0.2) is 0 Å². The fraction of sp³-hybridized carbons (Fsp3) is 0.818. The van der Waals surface area contributed by atoms with E-state index in [2.05, 4.69) is 17.9 Å². The smallest absolute Gasteiger partial charge is 0.0596 e. The summed E-state index contributed by atoms with van der Waals surface area (Å²) in [5.41, 5.74) is 6.34. The van der Waals surface area contributed by atoms with E-state index >= 15 is 0 Å². The van der Waals surface area contributed by atoms with Crippen molar-refractivity contribution in [3.63, 3.8) is 0 Å². The molecule has 0 amide bonds. The van der Waals surface area contributed by atoms with Gasteiger partial charge in [0.1, 0.15) is 0 Å². The predicted octanol–water partition coefficient (Wildman–Crippen LogP) is 1.21. The van der Waals surface area contributed by atoms with Crippen molar-refractivity contribution in [2.45, 2.75) is 37.6 Å². The second-order valence-corrected chi connectivity index (χ2v) is 4.26. The molecular formula is C11H20N2. The van der Waals surface area contributed by atoms with Crippen LogP contribution in [0.2, 0.25) is 0 Å². The van der Waals surface area contributed by atoms with E-state index in [1.165, 1.54) is 25.7 Å². The van der Waals surface area contributed by atoms with Crippen LogP contribution in [0.25, 0.3) is 0 Å². The first-order valence-electron chi connectivity index (χ1n) is 5.07. The minimum atomic E-state index is 0.114. The van der Waals surface area contributed by atoms with Crippen LogP contribution in [-0.2, 0) is 0 Å². The number of hydrogen-bond donors (Lipinski definition) is 1. The molecule has 13 heavy (non-hydrogen) atoms. The maximum atomic E-state index is 6.23. The van der Waals surface area contributed by atoms with E-state index < -0.39 is 0 Å². The minimum Gasteiger partial charge on any atom is -0.325 e. The Labute approximate surface area is 81.5 Å². The molecule has 0 atom stereocenters. The van der Waals surface area contributed by atoms with Crippen LogP contribution in [0.1, 0.15) is 32.1 Å². The number of nitrogens with two attached hydrogens (primary N) is 1. The molecule has 2 heteroatoms. The van der Waals surface area contributed by atoms with Gasteiger partial charge in [-0.3, -0.25) is 4.90 Å². The van der Waals surface area contributed by atoms with Crippen LogP contribution < -0.4 is 5.73 Å². The Hall–Kier alpha value is -0.520. The third-order valence-corrected chi connectivity index (χ3v) is 2.95. The minimum absolute atomic E-state index is 0.114. The summed E-state index contributed by atoms with van der Waals surface area (Å²) in [6.45, 7) is 1.76. The molecule has 0 unspecified atom stereocenters. The molecule has 2 N–H and O–H groups in total. The standard InChI is InChI=1S/C11H20N2/c1-3-9-13(2)10-8-11(12)6-4-5-7-11/h1H,4-10,12H2,2H3. The van der Waals surface area contributed by atoms with Gasteiger partial charge in [-0.05, 0) is 26.3 Å². The third kappa shape index (κ3) is 3.38. The van der Waals surface area contributed by atoms with E-state index in [1.807, 2.05) is 0 Å². The molecule has 1 saturated carbocycles. The van der Waals surface area contributed by atoms with Gasteiger partial charge in [0, 0.05) is 12.1 Å². The molecule has 0 radical (unpaired) electrons. The summed E-state index contributed by atoms with van der Waals surface area (Å²) in [5, 5.41) is 0. The van der Waals surface area contributed by atoms with E-state index in [0.717, 1.165) is 19.5 Å². The summed E-state index contributed by atoms with van der Waals surface area (Å²) in [7, 11) is 2.05. The van der Waals surface area contributed by atoms with Crippen molar-refractivity contribution in [1.29, 1.82) is 0 Å². The quantitative estimate of drug-likeness (QED) is 0.659. The van der Waals surface area contributed by atoms with Crippen molar-refractivity contribution < 1.29 is 0 Å². The van der Waals surface area contributed by atoms with Crippen LogP contribution in [0.3, 0.4) is 0 Å². The highest BCUT2D eigenvalue weighted by Crippen LogP contribution is 2.29. The first-order valence-corrected chi connectivity index (χ1v) is 5.07. The van der Waals surface area contributed by atoms with Crippen LogP contribution in [0.4, 0.5) is 0 Å². The summed E-state index contributed by atoms with van der Waals surface area (Å²) in [6.07, 6.45) is 11.3. The molecule has 0 heterocycles. The highest BCUT2D eigenvalue weighted by molar-refractivity contribution is 4.91. The Balaban J connectivity index is 2.21. The van der Waals surface area contributed by atoms with Crippen LogP contribution in [-0.4, -0.2) is 30.6 Å². The summed E-state index contributed by atoms with van der Waals surface area (Å²) in [6, 6.07) is 0. The molecule has 0 aliphatic heterocycles. The normalized spacial score (nSPS) is 20.5. The molecular weight excluding hydrogens is 160 g/mol. The van der Waals surface area contributed by atoms with Crippen LogP contribution in [0, 0.1) is 12.3 Å². The van der Waals surface area contributed by atoms with E-state index in [1.54, 1.807) is 0 Å². The number of nitrogens with zero attached hydrogens (tertiary/aromatic N) is 1. The van der Waals surface area contributed by atoms with Crippen LogP contribution in [0.5, 0.6) is 0 Å². The van der Waals surface area contributed by atoms with Gasteiger partial charge in [0.25, 0.3) is 0 Å². The average Bonchev–Trinajstić information content (AvgIpc) is 2.51. The lowest BCUT2D eigenvalue weighted by Crippen LogP contribution is -2.39. The maximum absolute atomic E-state index is 6.23. The Morgan fingerprint density at radius 1 is 1.46 bits per heavy atom. The molecule has 0 aromatic carbocycles.